The molecule has 0 aliphatic carbocycles. The highest BCUT2D eigenvalue weighted by Gasteiger charge is 2.27. The molecule has 0 N–H and O–H groups in total. The summed E-state index contributed by atoms with van der Waals surface area (Å²) in [6.45, 7) is 0.445. The van der Waals surface area contributed by atoms with Crippen molar-refractivity contribution >= 4 is 40.0 Å². The van der Waals surface area contributed by atoms with Crippen molar-refractivity contribution in [2.75, 3.05) is 11.4 Å². The molecule has 1 amide bonds. The minimum Gasteiger partial charge on any atom is -0.307 e. The molecular weight excluding hydrogens is 365 g/mol. The lowest BCUT2D eigenvalue weighted by molar-refractivity contribution is 0.0955. The van der Waals surface area contributed by atoms with E-state index in [0.29, 0.717) is 29.8 Å². The molecule has 2 aromatic rings. The summed E-state index contributed by atoms with van der Waals surface area (Å²) in [7, 11) is 0. The second-order valence-corrected chi connectivity index (χ2v) is 5.90. The van der Waals surface area contributed by atoms with Crippen molar-refractivity contribution in [1.29, 1.82) is 0 Å². The van der Waals surface area contributed by atoms with Crippen LogP contribution < -0.4 is 4.90 Å². The molecule has 3 nitrogen and oxygen atoms in total. The SMILES string of the molecule is O=C1CCN(C(=O)c2ccc(I)cc2)c2ccccc21. The van der Waals surface area contributed by atoms with E-state index in [9.17, 15) is 9.59 Å². The highest BCUT2D eigenvalue weighted by Crippen LogP contribution is 2.28. The fourth-order valence-corrected chi connectivity index (χ4v) is 2.73. The molecule has 0 saturated carbocycles. The molecule has 0 unspecified atom stereocenters. The van der Waals surface area contributed by atoms with Gasteiger partial charge in [-0.2, -0.15) is 0 Å². The van der Waals surface area contributed by atoms with E-state index in [0.717, 1.165) is 3.57 Å². The molecular formula is C16H12INO2. The quantitative estimate of drug-likeness (QED) is 0.714. The van der Waals surface area contributed by atoms with Gasteiger partial charge in [0.2, 0.25) is 0 Å². The summed E-state index contributed by atoms with van der Waals surface area (Å²) in [5.74, 6) is 0.0496. The molecule has 0 atom stereocenters. The first-order valence-corrected chi connectivity index (χ1v) is 7.44. The monoisotopic (exact) mass is 377 g/mol. The van der Waals surface area contributed by atoms with Crippen LogP contribution in [0.15, 0.2) is 48.5 Å². The van der Waals surface area contributed by atoms with Crippen LogP contribution in [0, 0.1) is 3.57 Å². The van der Waals surface area contributed by atoms with E-state index in [1.165, 1.54) is 0 Å². The van der Waals surface area contributed by atoms with Gasteiger partial charge in [0.25, 0.3) is 5.91 Å². The standard InChI is InChI=1S/C16H12INO2/c17-12-7-5-11(6-8-12)16(20)18-10-9-15(19)13-3-1-2-4-14(13)18/h1-8H,9-10H2. The second kappa shape index (κ2) is 5.36. The summed E-state index contributed by atoms with van der Waals surface area (Å²) in [6.07, 6.45) is 0.382. The molecule has 2 aromatic carbocycles. The number of rotatable bonds is 1. The number of anilines is 1. The maximum absolute atomic E-state index is 12.6. The number of fused-ring (bicyclic) bond motifs is 1. The fraction of sp³-hybridized carbons (Fsp3) is 0.125. The second-order valence-electron chi connectivity index (χ2n) is 4.65. The third-order valence-corrected chi connectivity index (χ3v) is 4.11. The summed E-state index contributed by atoms with van der Waals surface area (Å²) in [5, 5.41) is 0. The first-order valence-electron chi connectivity index (χ1n) is 6.36. The van der Waals surface area contributed by atoms with Crippen LogP contribution >= 0.6 is 22.6 Å². The maximum atomic E-state index is 12.6. The van der Waals surface area contributed by atoms with Crippen LogP contribution in [0.4, 0.5) is 5.69 Å². The summed E-state index contributed by atoms with van der Waals surface area (Å²) < 4.78 is 1.09. The van der Waals surface area contributed by atoms with Crippen LogP contribution in [0.2, 0.25) is 0 Å². The highest BCUT2D eigenvalue weighted by molar-refractivity contribution is 14.1. The molecule has 0 saturated heterocycles. The molecule has 0 aromatic heterocycles. The fourth-order valence-electron chi connectivity index (χ4n) is 2.37. The lowest BCUT2D eigenvalue weighted by Gasteiger charge is -2.28. The number of para-hydroxylation sites is 1. The Hall–Kier alpha value is -1.69. The summed E-state index contributed by atoms with van der Waals surface area (Å²) in [4.78, 5) is 26.2. The molecule has 0 bridgehead atoms. The van der Waals surface area contributed by atoms with Gasteiger partial charge in [-0.05, 0) is 59.0 Å². The Balaban J connectivity index is 1.99. The molecule has 1 aliphatic heterocycles. The van der Waals surface area contributed by atoms with Gasteiger partial charge >= 0.3 is 0 Å². The lowest BCUT2D eigenvalue weighted by Crippen LogP contribution is -2.37. The normalized spacial score (nSPS) is 14.1. The van der Waals surface area contributed by atoms with Crippen LogP contribution in [0.25, 0.3) is 0 Å². The Labute approximate surface area is 130 Å². The first kappa shape index (κ1) is 13.3. The van der Waals surface area contributed by atoms with E-state index >= 15 is 0 Å². The zero-order valence-corrected chi connectivity index (χ0v) is 12.8. The predicted octanol–water partition coefficient (Wildman–Crippen LogP) is 3.52. The minimum absolute atomic E-state index is 0.0543. The molecule has 0 spiro atoms. The minimum atomic E-state index is -0.0543. The number of benzene rings is 2. The van der Waals surface area contributed by atoms with E-state index in [1.807, 2.05) is 42.5 Å². The number of carbonyl (C=O) groups excluding carboxylic acids is 2. The molecule has 4 heteroatoms. The Kier molecular flexibility index (Phi) is 3.56. The molecule has 0 fully saturated rings. The molecule has 20 heavy (non-hydrogen) atoms. The van der Waals surface area contributed by atoms with Gasteiger partial charge in [-0.15, -0.1) is 0 Å². The van der Waals surface area contributed by atoms with Crippen molar-refractivity contribution in [3.63, 3.8) is 0 Å². The lowest BCUT2D eigenvalue weighted by atomic mass is 9.99. The van der Waals surface area contributed by atoms with Crippen molar-refractivity contribution in [1.82, 2.24) is 0 Å². The van der Waals surface area contributed by atoms with Crippen molar-refractivity contribution in [2.45, 2.75) is 6.42 Å². The van der Waals surface area contributed by atoms with Gasteiger partial charge in [0, 0.05) is 27.7 Å². The van der Waals surface area contributed by atoms with Crippen LogP contribution in [0.1, 0.15) is 27.1 Å². The molecule has 3 rings (SSSR count). The number of Topliss-reactive ketones (excluding diaryl/α,β-unsaturated/α-hetero) is 1. The van der Waals surface area contributed by atoms with Crippen LogP contribution in [-0.2, 0) is 0 Å². The number of halogens is 1. The topological polar surface area (TPSA) is 37.4 Å². The zero-order valence-electron chi connectivity index (χ0n) is 10.7. The largest absolute Gasteiger partial charge is 0.307 e. The Morgan fingerprint density at radius 2 is 1.75 bits per heavy atom. The Morgan fingerprint density at radius 3 is 2.50 bits per heavy atom. The number of hydrogen-bond donors (Lipinski definition) is 0. The van der Waals surface area contributed by atoms with Gasteiger partial charge < -0.3 is 4.90 Å². The summed E-state index contributed by atoms with van der Waals surface area (Å²) in [5.41, 5.74) is 2.00. The van der Waals surface area contributed by atoms with Gasteiger partial charge in [0.15, 0.2) is 5.78 Å². The van der Waals surface area contributed by atoms with Gasteiger partial charge in [0.05, 0.1) is 5.69 Å². The third-order valence-electron chi connectivity index (χ3n) is 3.39. The third kappa shape index (κ3) is 2.35. The van der Waals surface area contributed by atoms with E-state index in [4.69, 9.17) is 0 Å². The smallest absolute Gasteiger partial charge is 0.258 e. The highest BCUT2D eigenvalue weighted by atomic mass is 127. The molecule has 100 valence electrons. The Bertz CT molecular complexity index is 679. The molecule has 0 radical (unpaired) electrons. The summed E-state index contributed by atoms with van der Waals surface area (Å²) in [6, 6.07) is 14.8. The number of ketones is 1. The van der Waals surface area contributed by atoms with E-state index in [1.54, 1.807) is 11.0 Å². The molecule has 1 heterocycles. The van der Waals surface area contributed by atoms with E-state index < -0.39 is 0 Å². The number of carbonyl (C=O) groups is 2. The van der Waals surface area contributed by atoms with Gasteiger partial charge in [0.1, 0.15) is 0 Å². The average Bonchev–Trinajstić information content (AvgIpc) is 2.48. The number of amides is 1. The van der Waals surface area contributed by atoms with Gasteiger partial charge in [-0.3, -0.25) is 9.59 Å². The van der Waals surface area contributed by atoms with Crippen molar-refractivity contribution in [2.24, 2.45) is 0 Å². The van der Waals surface area contributed by atoms with Crippen molar-refractivity contribution in [3.05, 3.63) is 63.2 Å². The number of hydrogen-bond acceptors (Lipinski definition) is 2. The predicted molar refractivity (Wildman–Crippen MR) is 86.2 cm³/mol. The van der Waals surface area contributed by atoms with Crippen LogP contribution in [-0.4, -0.2) is 18.2 Å². The van der Waals surface area contributed by atoms with Gasteiger partial charge in [-0.25, -0.2) is 0 Å². The van der Waals surface area contributed by atoms with Crippen LogP contribution in [0.3, 0.4) is 0 Å². The average molecular weight is 377 g/mol. The van der Waals surface area contributed by atoms with E-state index in [-0.39, 0.29) is 11.7 Å². The zero-order chi connectivity index (χ0) is 14.1. The number of nitrogens with zero attached hydrogens (tertiary/aromatic N) is 1. The van der Waals surface area contributed by atoms with E-state index in [2.05, 4.69) is 22.6 Å². The Morgan fingerprint density at radius 1 is 1.05 bits per heavy atom. The summed E-state index contributed by atoms with van der Waals surface area (Å²) >= 11 is 2.21. The van der Waals surface area contributed by atoms with Crippen molar-refractivity contribution < 1.29 is 9.59 Å². The van der Waals surface area contributed by atoms with Crippen molar-refractivity contribution in [3.8, 4) is 0 Å². The molecule has 1 aliphatic rings. The first-order chi connectivity index (χ1) is 9.66. The van der Waals surface area contributed by atoms with Gasteiger partial charge in [-0.1, -0.05) is 12.1 Å². The maximum Gasteiger partial charge on any atom is 0.258 e. The van der Waals surface area contributed by atoms with Crippen LogP contribution in [0.5, 0.6) is 0 Å².